The van der Waals surface area contributed by atoms with Gasteiger partial charge in [-0.25, -0.2) is 4.79 Å². The molecule has 0 heterocycles. The van der Waals surface area contributed by atoms with Crippen LogP contribution in [-0.4, -0.2) is 50.3 Å². The Hall–Kier alpha value is -4.02. The highest BCUT2D eigenvalue weighted by Gasteiger charge is 2.26. The molecule has 0 aliphatic heterocycles. The first kappa shape index (κ1) is 25.2. The van der Waals surface area contributed by atoms with Crippen molar-refractivity contribution in [3.8, 4) is 23.0 Å². The van der Waals surface area contributed by atoms with E-state index in [4.69, 9.17) is 23.7 Å². The first-order valence-electron chi connectivity index (χ1n) is 10.2. The molecular weight excluding hydrogens is 436 g/mol. The Morgan fingerprint density at radius 1 is 0.939 bits per heavy atom. The predicted octanol–water partition coefficient (Wildman–Crippen LogP) is 3.60. The zero-order valence-electron chi connectivity index (χ0n) is 18.8. The number of amides is 1. The Kier molecular flexibility index (Phi) is 9.28. The van der Waals surface area contributed by atoms with E-state index in [9.17, 15) is 19.7 Å². The monoisotopic (exact) mass is 462 g/mol. The van der Waals surface area contributed by atoms with E-state index in [2.05, 4.69) is 5.32 Å². The van der Waals surface area contributed by atoms with Gasteiger partial charge in [-0.3, -0.25) is 14.9 Å². The van der Waals surface area contributed by atoms with Gasteiger partial charge >= 0.3 is 5.97 Å². The summed E-state index contributed by atoms with van der Waals surface area (Å²) < 4.78 is 26.4. The number of carbonyl (C=O) groups excluding carboxylic acids is 2. The number of hydrogen-bond donors (Lipinski definition) is 1. The molecule has 2 aromatic carbocycles. The van der Waals surface area contributed by atoms with Crippen LogP contribution in [0.5, 0.6) is 23.0 Å². The molecule has 33 heavy (non-hydrogen) atoms. The van der Waals surface area contributed by atoms with Crippen molar-refractivity contribution in [2.24, 2.45) is 0 Å². The second-order valence-corrected chi connectivity index (χ2v) is 6.36. The van der Waals surface area contributed by atoms with Crippen LogP contribution in [0.15, 0.2) is 30.3 Å². The molecule has 0 unspecified atom stereocenters. The number of esters is 1. The molecule has 1 amide bonds. The van der Waals surface area contributed by atoms with Gasteiger partial charge in [-0.2, -0.15) is 0 Å². The molecule has 0 fully saturated rings. The normalized spacial score (nSPS) is 10.2. The van der Waals surface area contributed by atoms with E-state index in [0.717, 1.165) is 12.1 Å². The second kappa shape index (κ2) is 12.1. The highest BCUT2D eigenvalue weighted by atomic mass is 16.6. The van der Waals surface area contributed by atoms with Gasteiger partial charge in [-0.1, -0.05) is 0 Å². The quantitative estimate of drug-likeness (QED) is 0.285. The highest BCUT2D eigenvalue weighted by Crippen LogP contribution is 2.35. The van der Waals surface area contributed by atoms with Crippen LogP contribution in [0.25, 0.3) is 0 Å². The number of ether oxygens (including phenoxy) is 5. The van der Waals surface area contributed by atoms with Gasteiger partial charge in [0.2, 0.25) is 0 Å². The summed E-state index contributed by atoms with van der Waals surface area (Å²) in [7, 11) is 1.32. The summed E-state index contributed by atoms with van der Waals surface area (Å²) in [5, 5.41) is 14.0. The molecule has 0 bridgehead atoms. The lowest BCUT2D eigenvalue weighted by atomic mass is 10.1. The lowest BCUT2D eigenvalue weighted by molar-refractivity contribution is -0.385. The second-order valence-electron chi connectivity index (χ2n) is 6.36. The first-order chi connectivity index (χ1) is 15.8. The third kappa shape index (κ3) is 6.73. The number of benzene rings is 2. The Labute approximate surface area is 190 Å². The largest absolute Gasteiger partial charge is 0.494 e. The average molecular weight is 462 g/mol. The predicted molar refractivity (Wildman–Crippen MR) is 119 cm³/mol. The van der Waals surface area contributed by atoms with E-state index in [1.807, 2.05) is 6.92 Å². The minimum atomic E-state index is -1.06. The number of hydrogen-bond acceptors (Lipinski definition) is 9. The maximum Gasteiger partial charge on any atom is 0.345 e. The van der Waals surface area contributed by atoms with E-state index >= 15 is 0 Å². The van der Waals surface area contributed by atoms with Gasteiger partial charge in [0.15, 0.2) is 18.1 Å². The minimum absolute atomic E-state index is 0.0930. The Balaban J connectivity index is 2.18. The Bertz CT molecular complexity index is 1010. The van der Waals surface area contributed by atoms with E-state index in [0.29, 0.717) is 30.4 Å². The van der Waals surface area contributed by atoms with Crippen molar-refractivity contribution in [3.05, 3.63) is 46.0 Å². The van der Waals surface area contributed by atoms with Gasteiger partial charge in [0.1, 0.15) is 17.1 Å². The van der Waals surface area contributed by atoms with E-state index < -0.39 is 29.1 Å². The van der Waals surface area contributed by atoms with Gasteiger partial charge in [0.25, 0.3) is 11.6 Å². The number of methoxy groups -OCH3 is 1. The third-order valence-electron chi connectivity index (χ3n) is 4.17. The molecule has 0 atom stereocenters. The lowest BCUT2D eigenvalue weighted by Crippen LogP contribution is -2.22. The van der Waals surface area contributed by atoms with Gasteiger partial charge in [0.05, 0.1) is 43.6 Å². The first-order valence-corrected chi connectivity index (χ1v) is 10.2. The summed E-state index contributed by atoms with van der Waals surface area (Å²) >= 11 is 0. The maximum absolute atomic E-state index is 12.5. The summed E-state index contributed by atoms with van der Waals surface area (Å²) in [4.78, 5) is 35.6. The molecule has 2 aromatic rings. The molecule has 0 radical (unpaired) electrons. The summed E-state index contributed by atoms with van der Waals surface area (Å²) in [6.07, 6.45) is 0. The summed E-state index contributed by atoms with van der Waals surface area (Å²) in [6, 6.07) is 7.14. The Morgan fingerprint density at radius 3 is 2.21 bits per heavy atom. The zero-order valence-corrected chi connectivity index (χ0v) is 18.8. The lowest BCUT2D eigenvalue weighted by Gasteiger charge is -2.14. The van der Waals surface area contributed by atoms with Crippen molar-refractivity contribution in [1.82, 2.24) is 0 Å². The van der Waals surface area contributed by atoms with Crippen molar-refractivity contribution in [1.29, 1.82) is 0 Å². The van der Waals surface area contributed by atoms with Crippen LogP contribution in [0.4, 0.5) is 11.4 Å². The van der Waals surface area contributed by atoms with Crippen LogP contribution in [0.3, 0.4) is 0 Å². The summed E-state index contributed by atoms with van der Waals surface area (Å²) in [5.41, 5.74) is -0.577. The van der Waals surface area contributed by atoms with Crippen molar-refractivity contribution in [3.63, 3.8) is 0 Å². The number of nitro groups is 1. The molecule has 0 aliphatic carbocycles. The topological polar surface area (TPSA) is 135 Å². The van der Waals surface area contributed by atoms with Crippen molar-refractivity contribution >= 4 is 23.3 Å². The number of anilines is 1. The van der Waals surface area contributed by atoms with Gasteiger partial charge in [-0.05, 0) is 32.9 Å². The van der Waals surface area contributed by atoms with Crippen molar-refractivity contribution in [2.45, 2.75) is 20.8 Å². The maximum atomic E-state index is 12.5. The number of nitro benzene ring substituents is 1. The number of carbonyl (C=O) groups is 2. The van der Waals surface area contributed by atoms with E-state index in [1.165, 1.54) is 7.11 Å². The molecule has 0 saturated carbocycles. The molecule has 0 aliphatic rings. The number of nitrogens with zero attached hydrogens (tertiary/aromatic N) is 1. The smallest absolute Gasteiger partial charge is 0.345 e. The molecule has 0 saturated heterocycles. The SMILES string of the molecule is CCOc1ccc(OCC)c(NC(=O)COC(=O)c2cc(OCC)c(OC)cc2[N+](=O)[O-])c1. The van der Waals surface area contributed by atoms with Crippen molar-refractivity contribution in [2.75, 3.05) is 38.9 Å². The van der Waals surface area contributed by atoms with Gasteiger partial charge in [-0.15, -0.1) is 0 Å². The highest BCUT2D eigenvalue weighted by molar-refractivity contribution is 5.98. The van der Waals surface area contributed by atoms with Crippen LogP contribution in [-0.2, 0) is 9.53 Å². The molecule has 0 aromatic heterocycles. The van der Waals surface area contributed by atoms with Crippen LogP contribution in [0.1, 0.15) is 31.1 Å². The average Bonchev–Trinajstić information content (AvgIpc) is 2.79. The zero-order chi connectivity index (χ0) is 24.4. The summed E-state index contributed by atoms with van der Waals surface area (Å²) in [6.45, 7) is 5.69. The minimum Gasteiger partial charge on any atom is -0.494 e. The van der Waals surface area contributed by atoms with Crippen molar-refractivity contribution < 1.29 is 38.2 Å². The molecule has 11 heteroatoms. The van der Waals surface area contributed by atoms with Gasteiger partial charge < -0.3 is 29.0 Å². The molecule has 11 nitrogen and oxygen atoms in total. The van der Waals surface area contributed by atoms with Crippen LogP contribution in [0.2, 0.25) is 0 Å². The standard InChI is InChI=1S/C22H26N2O9/c1-5-30-14-8-9-18(31-6-2)16(10-14)23-21(25)13-33-22(26)15-11-20(32-7-3)19(29-4)12-17(15)24(27)28/h8-12H,5-7,13H2,1-4H3,(H,23,25). The molecular formula is C22H26N2O9. The molecule has 0 spiro atoms. The summed E-state index contributed by atoms with van der Waals surface area (Å²) in [5.74, 6) is -0.572. The van der Waals surface area contributed by atoms with Crippen LogP contribution < -0.4 is 24.3 Å². The number of rotatable bonds is 12. The molecule has 178 valence electrons. The molecule has 2 rings (SSSR count). The van der Waals surface area contributed by atoms with Crippen LogP contribution >= 0.6 is 0 Å². The van der Waals surface area contributed by atoms with E-state index in [1.54, 1.807) is 32.0 Å². The fourth-order valence-electron chi connectivity index (χ4n) is 2.83. The fraction of sp³-hybridized carbons (Fsp3) is 0.364. The van der Waals surface area contributed by atoms with Crippen LogP contribution in [0, 0.1) is 10.1 Å². The van der Waals surface area contributed by atoms with Gasteiger partial charge in [0, 0.05) is 12.1 Å². The number of nitrogens with one attached hydrogen (secondary N) is 1. The molecule has 1 N–H and O–H groups in total. The fourth-order valence-corrected chi connectivity index (χ4v) is 2.83. The third-order valence-corrected chi connectivity index (χ3v) is 4.17. The van der Waals surface area contributed by atoms with E-state index in [-0.39, 0.29) is 23.7 Å². The Morgan fingerprint density at radius 2 is 1.61 bits per heavy atom.